The van der Waals surface area contributed by atoms with Crippen molar-refractivity contribution < 1.29 is 13.2 Å². The number of rotatable bonds is 3. The maximum Gasteiger partial charge on any atom is 0.248 e. The molecule has 1 aliphatic rings. The standard InChI is InChI=1S/C19H17F3N6/c20-15-7-11(10-28-6-5-23-17(15)28)13-8-24-16-14(13)9-25-18(27-16)26-12-1-3-19(21,22)4-2-12/h5-10,12H,1-4H2,(H2,24,25,26,27). The molecule has 4 aromatic rings. The van der Waals surface area contributed by atoms with Crippen molar-refractivity contribution in [2.45, 2.75) is 37.6 Å². The third-order valence-electron chi connectivity index (χ3n) is 5.24. The Bertz CT molecular complexity index is 1160. The van der Waals surface area contributed by atoms with Crippen LogP contribution in [0.4, 0.5) is 19.1 Å². The molecule has 2 N–H and O–H groups in total. The van der Waals surface area contributed by atoms with Gasteiger partial charge in [0.1, 0.15) is 5.65 Å². The van der Waals surface area contributed by atoms with E-state index in [9.17, 15) is 13.2 Å². The first-order valence-electron chi connectivity index (χ1n) is 9.10. The van der Waals surface area contributed by atoms with Crippen LogP contribution < -0.4 is 5.32 Å². The van der Waals surface area contributed by atoms with Gasteiger partial charge in [0, 0.05) is 66.4 Å². The number of halogens is 3. The van der Waals surface area contributed by atoms with Crippen LogP contribution in [-0.4, -0.2) is 36.3 Å². The number of hydrogen-bond acceptors (Lipinski definition) is 4. The number of aromatic amines is 1. The molecule has 0 spiro atoms. The Labute approximate surface area is 157 Å². The predicted molar refractivity (Wildman–Crippen MR) is 98.9 cm³/mol. The van der Waals surface area contributed by atoms with Gasteiger partial charge in [0.2, 0.25) is 11.9 Å². The van der Waals surface area contributed by atoms with Crippen molar-refractivity contribution in [2.75, 3.05) is 5.32 Å². The molecule has 0 atom stereocenters. The Morgan fingerprint density at radius 2 is 2.04 bits per heavy atom. The fraction of sp³-hybridized carbons (Fsp3) is 0.316. The first-order chi connectivity index (χ1) is 13.5. The highest BCUT2D eigenvalue weighted by Gasteiger charge is 2.35. The van der Waals surface area contributed by atoms with Gasteiger partial charge >= 0.3 is 0 Å². The summed E-state index contributed by atoms with van der Waals surface area (Å²) < 4.78 is 42.5. The number of H-pyrrole nitrogens is 1. The Morgan fingerprint density at radius 3 is 2.86 bits per heavy atom. The van der Waals surface area contributed by atoms with Crippen LogP contribution in [0, 0.1) is 5.82 Å². The molecule has 28 heavy (non-hydrogen) atoms. The predicted octanol–water partition coefficient (Wildman–Crippen LogP) is 4.40. The zero-order valence-corrected chi connectivity index (χ0v) is 14.8. The second-order valence-electron chi connectivity index (χ2n) is 7.17. The summed E-state index contributed by atoms with van der Waals surface area (Å²) in [6, 6.07) is 1.36. The molecular formula is C19H17F3N6. The van der Waals surface area contributed by atoms with Crippen LogP contribution in [0.2, 0.25) is 0 Å². The number of nitrogens with one attached hydrogen (secondary N) is 2. The molecule has 0 aliphatic heterocycles. The molecule has 1 fully saturated rings. The summed E-state index contributed by atoms with van der Waals surface area (Å²) in [4.78, 5) is 15.8. The molecule has 1 aliphatic carbocycles. The van der Waals surface area contributed by atoms with E-state index in [0.29, 0.717) is 30.0 Å². The van der Waals surface area contributed by atoms with Gasteiger partial charge in [-0.3, -0.25) is 0 Å². The van der Waals surface area contributed by atoms with Gasteiger partial charge in [-0.15, -0.1) is 0 Å². The van der Waals surface area contributed by atoms with Gasteiger partial charge in [0.05, 0.1) is 0 Å². The maximum absolute atomic E-state index is 14.3. The molecular weight excluding hydrogens is 369 g/mol. The number of fused-ring (bicyclic) bond motifs is 2. The lowest BCUT2D eigenvalue weighted by molar-refractivity contribution is -0.0361. The maximum atomic E-state index is 14.3. The average molecular weight is 386 g/mol. The number of pyridine rings is 1. The van der Waals surface area contributed by atoms with E-state index < -0.39 is 11.7 Å². The van der Waals surface area contributed by atoms with Gasteiger partial charge in [-0.2, -0.15) is 4.98 Å². The van der Waals surface area contributed by atoms with Gasteiger partial charge in [-0.05, 0) is 18.9 Å². The van der Waals surface area contributed by atoms with Crippen LogP contribution in [0.1, 0.15) is 25.7 Å². The van der Waals surface area contributed by atoms with Crippen LogP contribution >= 0.6 is 0 Å². The SMILES string of the molecule is Fc1cc(-c2c[nH]c3nc(NC4CCC(F)(F)CC4)ncc23)cn2ccnc12. The summed E-state index contributed by atoms with van der Waals surface area (Å²) in [6.07, 6.45) is 8.95. The molecule has 0 aromatic carbocycles. The van der Waals surface area contributed by atoms with Crippen LogP contribution in [0.15, 0.2) is 37.1 Å². The molecule has 5 rings (SSSR count). The normalized spacial score (nSPS) is 17.4. The summed E-state index contributed by atoms with van der Waals surface area (Å²) in [7, 11) is 0. The van der Waals surface area contributed by atoms with Gasteiger partial charge in [-0.1, -0.05) is 0 Å². The molecule has 4 heterocycles. The monoisotopic (exact) mass is 386 g/mol. The highest BCUT2D eigenvalue weighted by atomic mass is 19.3. The molecule has 1 saturated carbocycles. The molecule has 144 valence electrons. The summed E-state index contributed by atoms with van der Waals surface area (Å²) in [5.41, 5.74) is 2.31. The van der Waals surface area contributed by atoms with Crippen LogP contribution in [0.25, 0.3) is 27.8 Å². The van der Waals surface area contributed by atoms with Crippen molar-refractivity contribution in [3.05, 3.63) is 42.9 Å². The fourth-order valence-electron chi connectivity index (χ4n) is 3.72. The highest BCUT2D eigenvalue weighted by Crippen LogP contribution is 2.34. The zero-order chi connectivity index (χ0) is 19.3. The molecule has 0 amide bonds. The van der Waals surface area contributed by atoms with Gasteiger partial charge in [0.25, 0.3) is 0 Å². The molecule has 6 nitrogen and oxygen atoms in total. The molecule has 0 unspecified atom stereocenters. The van der Waals surface area contributed by atoms with Gasteiger partial charge in [-0.25, -0.2) is 23.1 Å². The van der Waals surface area contributed by atoms with Crippen molar-refractivity contribution in [3.8, 4) is 11.1 Å². The summed E-state index contributed by atoms with van der Waals surface area (Å²) >= 11 is 0. The summed E-state index contributed by atoms with van der Waals surface area (Å²) in [6.45, 7) is 0. The van der Waals surface area contributed by atoms with Crippen LogP contribution in [-0.2, 0) is 0 Å². The van der Waals surface area contributed by atoms with Crippen molar-refractivity contribution in [3.63, 3.8) is 0 Å². The third-order valence-corrected chi connectivity index (χ3v) is 5.24. The van der Waals surface area contributed by atoms with E-state index in [1.807, 2.05) is 0 Å². The number of aromatic nitrogens is 5. The topological polar surface area (TPSA) is 70.9 Å². The van der Waals surface area contributed by atoms with E-state index in [1.165, 1.54) is 6.07 Å². The largest absolute Gasteiger partial charge is 0.351 e. The quantitative estimate of drug-likeness (QED) is 0.547. The van der Waals surface area contributed by atoms with Gasteiger partial charge < -0.3 is 14.7 Å². The first-order valence-corrected chi connectivity index (χ1v) is 9.10. The Balaban J connectivity index is 1.43. The number of imidazole rings is 1. The van der Waals surface area contributed by atoms with Crippen LogP contribution in [0.5, 0.6) is 0 Å². The van der Waals surface area contributed by atoms with Gasteiger partial charge in [0.15, 0.2) is 11.5 Å². The third kappa shape index (κ3) is 2.96. The zero-order valence-electron chi connectivity index (χ0n) is 14.8. The number of alkyl halides is 2. The lowest BCUT2D eigenvalue weighted by Gasteiger charge is -2.28. The lowest BCUT2D eigenvalue weighted by atomic mass is 9.92. The van der Waals surface area contributed by atoms with E-state index in [1.54, 1.807) is 35.4 Å². The minimum Gasteiger partial charge on any atom is -0.351 e. The molecule has 0 radical (unpaired) electrons. The first kappa shape index (κ1) is 17.0. The highest BCUT2D eigenvalue weighted by molar-refractivity contribution is 5.93. The number of hydrogen-bond donors (Lipinski definition) is 2. The molecule has 0 saturated heterocycles. The van der Waals surface area contributed by atoms with Crippen molar-refractivity contribution in [2.24, 2.45) is 0 Å². The fourth-order valence-corrected chi connectivity index (χ4v) is 3.72. The van der Waals surface area contributed by atoms with E-state index in [-0.39, 0.29) is 24.5 Å². The lowest BCUT2D eigenvalue weighted by Crippen LogP contribution is -2.32. The van der Waals surface area contributed by atoms with E-state index in [4.69, 9.17) is 0 Å². The average Bonchev–Trinajstić information content (AvgIpc) is 3.30. The summed E-state index contributed by atoms with van der Waals surface area (Å²) in [5, 5.41) is 3.89. The van der Waals surface area contributed by atoms with E-state index >= 15 is 0 Å². The molecule has 0 bridgehead atoms. The number of nitrogens with zero attached hydrogens (tertiary/aromatic N) is 4. The van der Waals surface area contributed by atoms with Crippen LogP contribution in [0.3, 0.4) is 0 Å². The van der Waals surface area contributed by atoms with E-state index in [2.05, 4.69) is 25.3 Å². The number of anilines is 1. The second-order valence-corrected chi connectivity index (χ2v) is 7.17. The Hall–Kier alpha value is -3.10. The minimum absolute atomic E-state index is 0.0655. The van der Waals surface area contributed by atoms with Crippen molar-refractivity contribution in [1.82, 2.24) is 24.3 Å². The molecule has 4 aromatic heterocycles. The minimum atomic E-state index is -2.57. The van der Waals surface area contributed by atoms with Crippen molar-refractivity contribution >= 4 is 22.6 Å². The smallest absolute Gasteiger partial charge is 0.248 e. The molecule has 9 heteroatoms. The van der Waals surface area contributed by atoms with E-state index in [0.717, 1.165) is 10.9 Å². The second kappa shape index (κ2) is 6.22. The Morgan fingerprint density at radius 1 is 1.21 bits per heavy atom. The van der Waals surface area contributed by atoms with Crippen molar-refractivity contribution in [1.29, 1.82) is 0 Å². The summed E-state index contributed by atoms with van der Waals surface area (Å²) in [5.74, 6) is -2.58. The Kier molecular flexibility index (Phi) is 3.78.